The Labute approximate surface area is 124 Å². The van der Waals surface area contributed by atoms with Crippen LogP contribution in [0.15, 0.2) is 22.7 Å². The average Bonchev–Trinajstić information content (AvgIpc) is 2.37. The van der Waals surface area contributed by atoms with Crippen molar-refractivity contribution in [2.45, 2.75) is 32.2 Å². The van der Waals surface area contributed by atoms with E-state index in [9.17, 15) is 14.0 Å². The molecule has 0 radical (unpaired) electrons. The van der Waals surface area contributed by atoms with Crippen LogP contribution in [0.2, 0.25) is 0 Å². The number of carboxylic acids is 1. The highest BCUT2D eigenvalue weighted by molar-refractivity contribution is 9.10. The Balaban J connectivity index is 2.63. The zero-order valence-corrected chi connectivity index (χ0v) is 12.5. The lowest BCUT2D eigenvalue weighted by Crippen LogP contribution is -2.43. The summed E-state index contributed by atoms with van der Waals surface area (Å²) in [5.74, 6) is -1.71. The first-order valence-corrected chi connectivity index (χ1v) is 6.98. The van der Waals surface area contributed by atoms with Gasteiger partial charge in [0.1, 0.15) is 11.9 Å². The van der Waals surface area contributed by atoms with Crippen LogP contribution in [0, 0.1) is 5.82 Å². The highest BCUT2D eigenvalue weighted by atomic mass is 79.9. The smallest absolute Gasteiger partial charge is 0.326 e. The van der Waals surface area contributed by atoms with Crippen LogP contribution in [0.25, 0.3) is 0 Å². The van der Waals surface area contributed by atoms with Gasteiger partial charge in [-0.15, -0.1) is 0 Å². The number of aliphatic carboxylic acids is 1. The molecule has 0 aliphatic heterocycles. The monoisotopic (exact) mass is 346 g/mol. The van der Waals surface area contributed by atoms with E-state index in [1.807, 2.05) is 6.92 Å². The van der Waals surface area contributed by atoms with Crippen LogP contribution in [0.4, 0.5) is 14.9 Å². The minimum Gasteiger partial charge on any atom is -0.480 e. The van der Waals surface area contributed by atoms with Crippen molar-refractivity contribution in [1.29, 1.82) is 0 Å². The molecule has 0 spiro atoms. The normalized spacial score (nSPS) is 11.8. The number of unbranched alkanes of at least 4 members (excludes halogenated alkanes) is 1. The molecule has 2 amide bonds. The van der Waals surface area contributed by atoms with E-state index < -0.39 is 23.9 Å². The van der Waals surface area contributed by atoms with E-state index in [4.69, 9.17) is 5.11 Å². The number of carbonyl (C=O) groups excluding carboxylic acids is 1. The van der Waals surface area contributed by atoms with Crippen LogP contribution in [0.1, 0.15) is 26.2 Å². The minimum absolute atomic E-state index is 0.00895. The van der Waals surface area contributed by atoms with Crippen LogP contribution in [0.3, 0.4) is 0 Å². The molecule has 1 atom stereocenters. The van der Waals surface area contributed by atoms with Gasteiger partial charge in [-0.2, -0.15) is 0 Å². The number of carbonyl (C=O) groups is 2. The number of hydrogen-bond acceptors (Lipinski definition) is 2. The second kappa shape index (κ2) is 7.84. The number of amides is 2. The summed E-state index contributed by atoms with van der Waals surface area (Å²) in [6.07, 6.45) is 1.85. The molecule has 0 fully saturated rings. The first-order chi connectivity index (χ1) is 9.43. The molecule has 1 aromatic carbocycles. The zero-order valence-electron chi connectivity index (χ0n) is 11.0. The molecule has 7 heteroatoms. The van der Waals surface area contributed by atoms with Crippen LogP contribution in [-0.4, -0.2) is 23.1 Å². The number of nitrogens with one attached hydrogen (secondary N) is 2. The van der Waals surface area contributed by atoms with Gasteiger partial charge in [0, 0.05) is 4.47 Å². The maximum absolute atomic E-state index is 13.5. The fourth-order valence-corrected chi connectivity index (χ4v) is 1.91. The summed E-state index contributed by atoms with van der Waals surface area (Å²) in [6, 6.07) is 2.45. The summed E-state index contributed by atoms with van der Waals surface area (Å²) < 4.78 is 14.1. The van der Waals surface area contributed by atoms with Gasteiger partial charge in [0.2, 0.25) is 0 Å². The molecule has 5 nitrogen and oxygen atoms in total. The Bertz CT molecular complexity index is 497. The van der Waals surface area contributed by atoms with Gasteiger partial charge in [-0.25, -0.2) is 14.0 Å². The Kier molecular flexibility index (Phi) is 6.44. The third-order valence-corrected chi connectivity index (χ3v) is 3.12. The molecule has 0 heterocycles. The molecule has 0 aliphatic rings. The molecule has 0 aliphatic carbocycles. The van der Waals surface area contributed by atoms with Crippen molar-refractivity contribution in [2.24, 2.45) is 0 Å². The van der Waals surface area contributed by atoms with Crippen molar-refractivity contribution in [2.75, 3.05) is 5.32 Å². The van der Waals surface area contributed by atoms with E-state index in [2.05, 4.69) is 26.6 Å². The SMILES string of the molecule is CCCCC(NC(=O)Nc1ccc(Br)cc1F)C(=O)O. The minimum atomic E-state index is -1.11. The van der Waals surface area contributed by atoms with Crippen LogP contribution in [0.5, 0.6) is 0 Å². The van der Waals surface area contributed by atoms with E-state index in [0.29, 0.717) is 17.3 Å². The second-order valence-corrected chi connectivity index (χ2v) is 5.17. The molecular weight excluding hydrogens is 331 g/mol. The number of benzene rings is 1. The summed E-state index contributed by atoms with van der Waals surface area (Å²) in [4.78, 5) is 22.6. The van der Waals surface area contributed by atoms with E-state index in [1.165, 1.54) is 12.1 Å². The van der Waals surface area contributed by atoms with E-state index in [-0.39, 0.29) is 5.69 Å². The van der Waals surface area contributed by atoms with Gasteiger partial charge in [-0.1, -0.05) is 35.7 Å². The molecule has 0 saturated heterocycles. The Morgan fingerprint density at radius 1 is 1.45 bits per heavy atom. The fourth-order valence-electron chi connectivity index (χ4n) is 1.57. The van der Waals surface area contributed by atoms with Gasteiger partial charge in [-0.3, -0.25) is 0 Å². The van der Waals surface area contributed by atoms with E-state index >= 15 is 0 Å². The van der Waals surface area contributed by atoms with Crippen molar-refractivity contribution in [3.63, 3.8) is 0 Å². The summed E-state index contributed by atoms with van der Waals surface area (Å²) in [6.45, 7) is 1.93. The van der Waals surface area contributed by atoms with Gasteiger partial charge in [0.25, 0.3) is 0 Å². The number of hydrogen-bond donors (Lipinski definition) is 3. The first-order valence-electron chi connectivity index (χ1n) is 6.19. The highest BCUT2D eigenvalue weighted by Gasteiger charge is 2.19. The van der Waals surface area contributed by atoms with E-state index in [0.717, 1.165) is 6.42 Å². The molecule has 1 aromatic rings. The van der Waals surface area contributed by atoms with E-state index in [1.54, 1.807) is 6.07 Å². The molecule has 0 bridgehead atoms. The van der Waals surface area contributed by atoms with Crippen molar-refractivity contribution in [3.05, 3.63) is 28.5 Å². The lowest BCUT2D eigenvalue weighted by molar-refractivity contribution is -0.139. The van der Waals surface area contributed by atoms with Crippen LogP contribution < -0.4 is 10.6 Å². The number of halogens is 2. The molecule has 1 unspecified atom stereocenters. The number of urea groups is 1. The maximum Gasteiger partial charge on any atom is 0.326 e. The molecule has 1 rings (SSSR count). The predicted octanol–water partition coefficient (Wildman–Crippen LogP) is 3.35. The van der Waals surface area contributed by atoms with Gasteiger partial charge in [0.05, 0.1) is 5.69 Å². The predicted molar refractivity (Wildman–Crippen MR) is 77.2 cm³/mol. The molecule has 110 valence electrons. The molecule has 20 heavy (non-hydrogen) atoms. The number of rotatable bonds is 6. The summed E-state index contributed by atoms with van der Waals surface area (Å²) in [5, 5.41) is 13.6. The Morgan fingerprint density at radius 2 is 2.15 bits per heavy atom. The molecule has 3 N–H and O–H groups in total. The summed E-state index contributed by atoms with van der Waals surface area (Å²) >= 11 is 3.10. The lowest BCUT2D eigenvalue weighted by Gasteiger charge is -2.15. The van der Waals surface area contributed by atoms with Crippen molar-refractivity contribution in [1.82, 2.24) is 5.32 Å². The topological polar surface area (TPSA) is 78.4 Å². The van der Waals surface area contributed by atoms with Gasteiger partial charge < -0.3 is 15.7 Å². The van der Waals surface area contributed by atoms with Gasteiger partial charge >= 0.3 is 12.0 Å². The fraction of sp³-hybridized carbons (Fsp3) is 0.385. The Hall–Kier alpha value is -1.63. The highest BCUT2D eigenvalue weighted by Crippen LogP contribution is 2.19. The molecule has 0 aromatic heterocycles. The van der Waals surface area contributed by atoms with Gasteiger partial charge in [0.15, 0.2) is 0 Å². The maximum atomic E-state index is 13.5. The largest absolute Gasteiger partial charge is 0.480 e. The van der Waals surface area contributed by atoms with Crippen LogP contribution >= 0.6 is 15.9 Å². The summed E-state index contributed by atoms with van der Waals surface area (Å²) in [5.41, 5.74) is -0.00895. The zero-order chi connectivity index (χ0) is 15.1. The molecule has 0 saturated carbocycles. The third kappa shape index (κ3) is 5.16. The lowest BCUT2D eigenvalue weighted by atomic mass is 10.1. The third-order valence-electron chi connectivity index (χ3n) is 2.63. The first kappa shape index (κ1) is 16.4. The quantitative estimate of drug-likeness (QED) is 0.738. The average molecular weight is 347 g/mol. The Morgan fingerprint density at radius 3 is 2.70 bits per heavy atom. The van der Waals surface area contributed by atoms with Crippen molar-refractivity contribution < 1.29 is 19.1 Å². The second-order valence-electron chi connectivity index (χ2n) is 4.26. The van der Waals surface area contributed by atoms with Crippen molar-refractivity contribution in [3.8, 4) is 0 Å². The number of anilines is 1. The number of carboxylic acid groups (broad SMARTS) is 1. The van der Waals surface area contributed by atoms with Crippen LogP contribution in [-0.2, 0) is 4.79 Å². The standard InChI is InChI=1S/C13H16BrFN2O3/c1-2-3-4-11(12(18)19)17-13(20)16-10-6-5-8(14)7-9(10)15/h5-7,11H,2-4H2,1H3,(H,18,19)(H2,16,17,20). The molecular formula is C13H16BrFN2O3. The summed E-state index contributed by atoms with van der Waals surface area (Å²) in [7, 11) is 0. The van der Waals surface area contributed by atoms with Gasteiger partial charge in [-0.05, 0) is 24.6 Å². The van der Waals surface area contributed by atoms with Crippen molar-refractivity contribution >= 4 is 33.6 Å².